The minimum Gasteiger partial charge on any atom is -0.494 e. The van der Waals surface area contributed by atoms with Crippen molar-refractivity contribution in [2.75, 3.05) is 12.3 Å². The van der Waals surface area contributed by atoms with E-state index in [1.54, 1.807) is 12.4 Å². The Hall–Kier alpha value is -3.39. The van der Waals surface area contributed by atoms with Gasteiger partial charge in [0.25, 0.3) is 0 Å². The van der Waals surface area contributed by atoms with Gasteiger partial charge in [0, 0.05) is 23.5 Å². The largest absolute Gasteiger partial charge is 0.494 e. The zero-order chi connectivity index (χ0) is 17.6. The Morgan fingerprint density at radius 3 is 2.44 bits per heavy atom. The highest BCUT2D eigenvalue weighted by molar-refractivity contribution is 5.80. The van der Waals surface area contributed by atoms with Crippen LogP contribution in [-0.4, -0.2) is 16.6 Å². The van der Waals surface area contributed by atoms with Crippen LogP contribution in [0.4, 0.5) is 5.82 Å². The number of nitrogen functional groups attached to an aromatic ring is 1. The molecule has 0 aliphatic heterocycles. The highest BCUT2D eigenvalue weighted by Crippen LogP contribution is 2.31. The minimum atomic E-state index is 0.220. The van der Waals surface area contributed by atoms with Gasteiger partial charge < -0.3 is 10.5 Å². The molecule has 0 radical (unpaired) electrons. The number of anilines is 1. The molecule has 1 aromatic carbocycles. The maximum Gasteiger partial charge on any atom is 0.142 e. The molecule has 2 N–H and O–H groups in total. The Morgan fingerprint density at radius 2 is 1.80 bits per heavy atom. The number of aromatic nitrogens is 2. The van der Waals surface area contributed by atoms with Crippen molar-refractivity contribution in [3.05, 3.63) is 60.4 Å². The maximum absolute atomic E-state index is 9.49. The predicted octanol–water partition coefficient (Wildman–Crippen LogP) is 4.05. The third-order valence-corrected chi connectivity index (χ3v) is 3.77. The molecule has 2 aromatic heterocycles. The zero-order valence-electron chi connectivity index (χ0n) is 13.9. The van der Waals surface area contributed by atoms with Crippen LogP contribution in [-0.2, 0) is 0 Å². The van der Waals surface area contributed by atoms with Crippen LogP contribution in [0.2, 0.25) is 0 Å². The molecule has 5 heteroatoms. The highest BCUT2D eigenvalue weighted by atomic mass is 16.5. The van der Waals surface area contributed by atoms with E-state index in [1.165, 1.54) is 0 Å². The van der Waals surface area contributed by atoms with Gasteiger partial charge in [-0.15, -0.1) is 0 Å². The third-order valence-electron chi connectivity index (χ3n) is 3.77. The van der Waals surface area contributed by atoms with Crippen LogP contribution < -0.4 is 10.5 Å². The van der Waals surface area contributed by atoms with E-state index in [0.29, 0.717) is 17.9 Å². The molecule has 3 aromatic rings. The van der Waals surface area contributed by atoms with E-state index in [1.807, 2.05) is 42.5 Å². The fourth-order valence-electron chi connectivity index (χ4n) is 2.53. The van der Waals surface area contributed by atoms with E-state index in [9.17, 15) is 5.26 Å². The molecular formula is C20H18N4O. The first kappa shape index (κ1) is 16.5. The lowest BCUT2D eigenvalue weighted by atomic mass is 9.98. The van der Waals surface area contributed by atoms with Gasteiger partial charge in [-0.2, -0.15) is 5.26 Å². The van der Waals surface area contributed by atoms with Gasteiger partial charge in [-0.1, -0.05) is 19.1 Å². The van der Waals surface area contributed by atoms with Crippen molar-refractivity contribution in [2.45, 2.75) is 13.3 Å². The topological polar surface area (TPSA) is 84.8 Å². The van der Waals surface area contributed by atoms with Crippen LogP contribution in [0, 0.1) is 11.3 Å². The normalized spacial score (nSPS) is 10.2. The molecule has 5 nitrogen and oxygen atoms in total. The second kappa shape index (κ2) is 7.45. The minimum absolute atomic E-state index is 0.220. The number of nitrogens with two attached hydrogens (primary N) is 1. The van der Waals surface area contributed by atoms with Crippen LogP contribution in [0.15, 0.2) is 54.9 Å². The van der Waals surface area contributed by atoms with Gasteiger partial charge in [0.2, 0.25) is 0 Å². The van der Waals surface area contributed by atoms with Crippen molar-refractivity contribution in [1.29, 1.82) is 5.26 Å². The number of rotatable bonds is 5. The highest BCUT2D eigenvalue weighted by Gasteiger charge is 2.13. The van der Waals surface area contributed by atoms with Gasteiger partial charge in [-0.3, -0.25) is 4.98 Å². The van der Waals surface area contributed by atoms with Crippen molar-refractivity contribution >= 4 is 5.82 Å². The van der Waals surface area contributed by atoms with E-state index in [0.717, 1.165) is 28.9 Å². The molecule has 25 heavy (non-hydrogen) atoms. The number of nitrogens with zero attached hydrogens (tertiary/aromatic N) is 3. The number of benzene rings is 1. The van der Waals surface area contributed by atoms with Gasteiger partial charge >= 0.3 is 0 Å². The molecule has 3 rings (SSSR count). The lowest BCUT2D eigenvalue weighted by Crippen LogP contribution is -2.00. The summed E-state index contributed by atoms with van der Waals surface area (Å²) >= 11 is 0. The van der Waals surface area contributed by atoms with Gasteiger partial charge in [0.1, 0.15) is 23.2 Å². The summed E-state index contributed by atoms with van der Waals surface area (Å²) in [5.41, 5.74) is 9.66. The zero-order valence-corrected chi connectivity index (χ0v) is 13.9. The molecule has 0 bridgehead atoms. The van der Waals surface area contributed by atoms with Crippen LogP contribution in [0.25, 0.3) is 22.4 Å². The smallest absolute Gasteiger partial charge is 0.142 e. The van der Waals surface area contributed by atoms with Crippen LogP contribution in [0.1, 0.15) is 18.9 Å². The molecule has 0 spiro atoms. The van der Waals surface area contributed by atoms with E-state index in [2.05, 4.69) is 23.0 Å². The first-order chi connectivity index (χ1) is 12.2. The van der Waals surface area contributed by atoms with E-state index in [-0.39, 0.29) is 5.82 Å². The summed E-state index contributed by atoms with van der Waals surface area (Å²) in [7, 11) is 0. The summed E-state index contributed by atoms with van der Waals surface area (Å²) in [5, 5.41) is 9.49. The summed E-state index contributed by atoms with van der Waals surface area (Å²) in [6, 6.07) is 15.4. The summed E-state index contributed by atoms with van der Waals surface area (Å²) < 4.78 is 5.61. The van der Waals surface area contributed by atoms with E-state index in [4.69, 9.17) is 10.5 Å². The molecule has 0 aliphatic carbocycles. The van der Waals surface area contributed by atoms with Crippen molar-refractivity contribution < 1.29 is 4.74 Å². The standard InChI is InChI=1S/C20H18N4O/c1-2-11-25-16-5-3-14(4-6-16)17-12-19(15-7-9-23-10-8-15)24-20(22)18(17)13-21/h3-10,12H,2,11H2,1H3,(H2,22,24). The number of ether oxygens (including phenoxy) is 1. The van der Waals surface area contributed by atoms with Crippen molar-refractivity contribution in [2.24, 2.45) is 0 Å². The van der Waals surface area contributed by atoms with E-state index >= 15 is 0 Å². The summed E-state index contributed by atoms with van der Waals surface area (Å²) in [5.74, 6) is 1.03. The molecule has 0 saturated carbocycles. The monoisotopic (exact) mass is 330 g/mol. The molecule has 2 heterocycles. The maximum atomic E-state index is 9.49. The van der Waals surface area contributed by atoms with Crippen LogP contribution >= 0.6 is 0 Å². The number of hydrogen-bond acceptors (Lipinski definition) is 5. The molecular weight excluding hydrogens is 312 g/mol. The van der Waals surface area contributed by atoms with Gasteiger partial charge in [-0.25, -0.2) is 4.98 Å². The Kier molecular flexibility index (Phi) is 4.91. The summed E-state index contributed by atoms with van der Waals surface area (Å²) in [6.07, 6.45) is 4.35. The van der Waals surface area contributed by atoms with Crippen molar-refractivity contribution in [3.63, 3.8) is 0 Å². The SMILES string of the molecule is CCCOc1ccc(-c2cc(-c3ccncc3)nc(N)c2C#N)cc1. The lowest BCUT2D eigenvalue weighted by molar-refractivity contribution is 0.317. The number of pyridine rings is 2. The fourth-order valence-corrected chi connectivity index (χ4v) is 2.53. The lowest BCUT2D eigenvalue weighted by Gasteiger charge is -2.11. The Labute approximate surface area is 146 Å². The first-order valence-corrected chi connectivity index (χ1v) is 8.07. The Balaban J connectivity index is 2.05. The molecule has 0 atom stereocenters. The molecule has 0 amide bonds. The summed E-state index contributed by atoms with van der Waals surface area (Å²) in [6.45, 7) is 2.74. The average Bonchev–Trinajstić information content (AvgIpc) is 2.67. The Bertz CT molecular complexity index is 899. The molecule has 0 fully saturated rings. The van der Waals surface area contributed by atoms with Crippen molar-refractivity contribution in [3.8, 4) is 34.2 Å². The average molecular weight is 330 g/mol. The Morgan fingerprint density at radius 1 is 1.08 bits per heavy atom. The summed E-state index contributed by atoms with van der Waals surface area (Å²) in [4.78, 5) is 8.38. The van der Waals surface area contributed by atoms with Gasteiger partial charge in [0.15, 0.2) is 0 Å². The fraction of sp³-hybridized carbons (Fsp3) is 0.150. The quantitative estimate of drug-likeness (QED) is 0.762. The number of hydrogen-bond donors (Lipinski definition) is 1. The first-order valence-electron chi connectivity index (χ1n) is 8.07. The van der Waals surface area contributed by atoms with E-state index < -0.39 is 0 Å². The van der Waals surface area contributed by atoms with Crippen LogP contribution in [0.5, 0.6) is 5.75 Å². The third kappa shape index (κ3) is 3.59. The molecule has 0 unspecified atom stereocenters. The van der Waals surface area contributed by atoms with Gasteiger partial charge in [0.05, 0.1) is 12.3 Å². The molecule has 124 valence electrons. The second-order valence-electron chi connectivity index (χ2n) is 5.54. The van der Waals surface area contributed by atoms with Crippen molar-refractivity contribution in [1.82, 2.24) is 9.97 Å². The number of nitriles is 1. The van der Waals surface area contributed by atoms with Crippen LogP contribution in [0.3, 0.4) is 0 Å². The molecule has 0 saturated heterocycles. The van der Waals surface area contributed by atoms with Gasteiger partial charge in [-0.05, 0) is 42.3 Å². The second-order valence-corrected chi connectivity index (χ2v) is 5.54. The predicted molar refractivity (Wildman–Crippen MR) is 97.8 cm³/mol. The molecule has 0 aliphatic rings.